The molecule has 1 saturated heterocycles. The molecule has 11 heteroatoms. The first-order valence-electron chi connectivity index (χ1n) is 31.1. The summed E-state index contributed by atoms with van der Waals surface area (Å²) in [5, 5.41) is 56.9. The smallest absolute Gasteiger partial charge is 0.306 e. The molecular weight excluding hydrogens is 967 g/mol. The molecule has 6 N–H and O–H groups in total. The number of amides is 1. The molecule has 11 nitrogen and oxygen atoms in total. The molecule has 0 aromatic heterocycles. The second-order valence-electron chi connectivity index (χ2n) is 21.2. The van der Waals surface area contributed by atoms with Crippen LogP contribution in [0.4, 0.5) is 0 Å². The van der Waals surface area contributed by atoms with Crippen LogP contribution in [0.5, 0.6) is 0 Å². The Morgan fingerprint density at radius 2 is 0.948 bits per heavy atom. The number of aliphatic hydroxyl groups excluding tert-OH is 5. The zero-order valence-corrected chi connectivity index (χ0v) is 48.8. The fourth-order valence-electron chi connectivity index (χ4n) is 9.21. The Morgan fingerprint density at radius 3 is 1.44 bits per heavy atom. The molecule has 8 unspecified atom stereocenters. The number of unbranched alkanes of at least 4 members (excludes halogenated alkanes) is 28. The lowest BCUT2D eigenvalue weighted by atomic mass is 9.99. The highest BCUT2D eigenvalue weighted by Gasteiger charge is 2.47. The van der Waals surface area contributed by atoms with Gasteiger partial charge in [-0.05, 0) is 70.6 Å². The highest BCUT2D eigenvalue weighted by atomic mass is 16.7. The van der Waals surface area contributed by atoms with E-state index in [-0.39, 0.29) is 19.4 Å². The quantitative estimate of drug-likeness (QED) is 0.0149. The maximum atomic E-state index is 13.4. The lowest BCUT2D eigenvalue weighted by Gasteiger charge is -2.41. The molecule has 8 atom stereocenters. The molecular formula is C66H113NO10. The number of hydrogen-bond acceptors (Lipinski definition) is 10. The van der Waals surface area contributed by atoms with Crippen LogP contribution in [-0.4, -0.2) is 99.6 Å². The van der Waals surface area contributed by atoms with Crippen molar-refractivity contribution in [1.82, 2.24) is 5.32 Å². The molecule has 0 aliphatic carbocycles. The summed E-state index contributed by atoms with van der Waals surface area (Å²) >= 11 is 0. The number of carbonyl (C=O) groups is 2. The van der Waals surface area contributed by atoms with Crippen molar-refractivity contribution in [1.29, 1.82) is 0 Å². The van der Waals surface area contributed by atoms with Gasteiger partial charge >= 0.3 is 5.97 Å². The minimum absolute atomic E-state index is 0.113. The van der Waals surface area contributed by atoms with E-state index >= 15 is 0 Å². The fraction of sp³-hybridized carbons (Fsp3) is 0.727. The first kappa shape index (κ1) is 71.6. The normalized spacial score (nSPS) is 19.7. The van der Waals surface area contributed by atoms with E-state index in [2.05, 4.69) is 44.3 Å². The van der Waals surface area contributed by atoms with Crippen molar-refractivity contribution in [2.24, 2.45) is 0 Å². The SMILES string of the molecule is CC\C=C/C=C/C=C/C=C\C=C\C=C\CCCCC(O)C(=O)NC(COC1OC(CO)C(O)C(O)C1OC(=O)CCCCCCCCCCCCC/C=C/CCCCCCCC)C(O)/C=C/CCCCCCCCCCC. The highest BCUT2D eigenvalue weighted by molar-refractivity contribution is 5.80. The van der Waals surface area contributed by atoms with Gasteiger partial charge in [0, 0.05) is 6.42 Å². The summed E-state index contributed by atoms with van der Waals surface area (Å²) < 4.78 is 17.6. The summed E-state index contributed by atoms with van der Waals surface area (Å²) in [7, 11) is 0. The van der Waals surface area contributed by atoms with E-state index in [1.165, 1.54) is 135 Å². The van der Waals surface area contributed by atoms with Gasteiger partial charge in [0.15, 0.2) is 12.4 Å². The number of esters is 1. The minimum atomic E-state index is -1.63. The van der Waals surface area contributed by atoms with Crippen LogP contribution < -0.4 is 5.32 Å². The second-order valence-corrected chi connectivity index (χ2v) is 21.2. The summed E-state index contributed by atoms with van der Waals surface area (Å²) in [6.07, 6.45) is 60.2. The summed E-state index contributed by atoms with van der Waals surface area (Å²) in [6.45, 7) is 5.60. The first-order chi connectivity index (χ1) is 37.7. The van der Waals surface area contributed by atoms with Crippen molar-refractivity contribution >= 4 is 11.9 Å². The molecule has 0 aromatic rings. The van der Waals surface area contributed by atoms with Crippen LogP contribution in [-0.2, 0) is 23.8 Å². The summed E-state index contributed by atoms with van der Waals surface area (Å²) in [5.74, 6) is -1.25. The van der Waals surface area contributed by atoms with E-state index in [9.17, 15) is 35.1 Å². The molecule has 77 heavy (non-hydrogen) atoms. The Bertz CT molecular complexity index is 1620. The van der Waals surface area contributed by atoms with E-state index in [4.69, 9.17) is 14.2 Å². The molecule has 0 bridgehead atoms. The molecule has 1 amide bonds. The van der Waals surface area contributed by atoms with Crippen molar-refractivity contribution in [3.8, 4) is 0 Å². The number of aliphatic hydroxyl groups is 5. The standard InChI is InChI=1S/C66H113NO10/c1-4-7-10-13-16-19-22-24-26-28-29-30-31-32-34-36-39-42-45-48-51-54-61(71)77-64-63(73)62(72)60(55-68)76-66(64)75-56-57(58(69)52-49-46-43-40-37-21-18-15-12-9-6-3)67-65(74)59(70)53-50-47-44-41-38-35-33-27-25-23-20-17-14-11-8-5-2/h8,11,14,17,20,23-27,33,35,38,41,49,52,57-60,62-64,66,68-70,72-73H,4-7,9-10,12-13,15-16,18-19,21-22,28-32,34,36-37,39-40,42-48,50-51,53-56H2,1-3H3,(H,67,74)/b11-8-,17-14+,23-20+,26-24+,27-25-,35-33+,41-38+,52-49+. The Kier molecular flexibility index (Phi) is 49.5. The number of nitrogens with one attached hydrogen (secondary N) is 1. The van der Waals surface area contributed by atoms with E-state index in [0.29, 0.717) is 12.8 Å². The molecule has 0 radical (unpaired) electrons. The van der Waals surface area contributed by atoms with Gasteiger partial charge in [-0.2, -0.15) is 0 Å². The van der Waals surface area contributed by atoms with Gasteiger partial charge in [0.2, 0.25) is 5.91 Å². The minimum Gasteiger partial charge on any atom is -0.454 e. The topological polar surface area (TPSA) is 175 Å². The van der Waals surface area contributed by atoms with Gasteiger partial charge in [-0.1, -0.05) is 266 Å². The van der Waals surface area contributed by atoms with Crippen LogP contribution in [0.3, 0.4) is 0 Å². The van der Waals surface area contributed by atoms with Gasteiger partial charge in [-0.3, -0.25) is 9.59 Å². The molecule has 0 saturated carbocycles. The highest BCUT2D eigenvalue weighted by Crippen LogP contribution is 2.26. The molecule has 0 spiro atoms. The van der Waals surface area contributed by atoms with Crippen molar-refractivity contribution in [3.63, 3.8) is 0 Å². The van der Waals surface area contributed by atoms with Crippen LogP contribution in [0.15, 0.2) is 97.2 Å². The molecule has 1 aliphatic heterocycles. The maximum Gasteiger partial charge on any atom is 0.306 e. The average molecular weight is 1080 g/mol. The predicted molar refractivity (Wildman–Crippen MR) is 319 cm³/mol. The van der Waals surface area contributed by atoms with Gasteiger partial charge in [0.1, 0.15) is 24.4 Å². The Hall–Kier alpha value is -3.42. The lowest BCUT2D eigenvalue weighted by molar-refractivity contribution is -0.305. The monoisotopic (exact) mass is 1080 g/mol. The molecule has 1 rings (SSSR count). The number of rotatable bonds is 51. The third-order valence-corrected chi connectivity index (χ3v) is 14.1. The van der Waals surface area contributed by atoms with Gasteiger partial charge in [-0.15, -0.1) is 0 Å². The average Bonchev–Trinajstić information content (AvgIpc) is 3.43. The predicted octanol–water partition coefficient (Wildman–Crippen LogP) is 14.7. The largest absolute Gasteiger partial charge is 0.454 e. The van der Waals surface area contributed by atoms with Gasteiger partial charge in [-0.25, -0.2) is 0 Å². The maximum absolute atomic E-state index is 13.4. The van der Waals surface area contributed by atoms with Crippen molar-refractivity contribution in [2.45, 2.75) is 294 Å². The third kappa shape index (κ3) is 41.3. The Labute approximate surface area is 469 Å². The van der Waals surface area contributed by atoms with Gasteiger partial charge in [0.05, 0.1) is 25.4 Å². The van der Waals surface area contributed by atoms with E-state index < -0.39 is 67.4 Å². The van der Waals surface area contributed by atoms with Crippen LogP contribution in [0.1, 0.15) is 245 Å². The summed E-state index contributed by atoms with van der Waals surface area (Å²) in [6, 6.07) is -1.05. The van der Waals surface area contributed by atoms with Crippen molar-refractivity contribution in [3.05, 3.63) is 97.2 Å². The van der Waals surface area contributed by atoms with Crippen LogP contribution >= 0.6 is 0 Å². The number of ether oxygens (including phenoxy) is 3. The molecule has 442 valence electrons. The summed E-state index contributed by atoms with van der Waals surface area (Å²) in [5.41, 5.74) is 0. The molecule has 1 fully saturated rings. The van der Waals surface area contributed by atoms with Crippen LogP contribution in [0.2, 0.25) is 0 Å². The van der Waals surface area contributed by atoms with E-state index in [1.54, 1.807) is 6.08 Å². The Balaban J connectivity index is 2.68. The summed E-state index contributed by atoms with van der Waals surface area (Å²) in [4.78, 5) is 26.5. The molecule has 1 aliphatic rings. The van der Waals surface area contributed by atoms with Crippen LogP contribution in [0.25, 0.3) is 0 Å². The van der Waals surface area contributed by atoms with Crippen LogP contribution in [0, 0.1) is 0 Å². The molecule has 0 aromatic carbocycles. The third-order valence-electron chi connectivity index (χ3n) is 14.1. The number of hydrogen-bond donors (Lipinski definition) is 6. The van der Waals surface area contributed by atoms with Crippen molar-refractivity contribution in [2.75, 3.05) is 13.2 Å². The van der Waals surface area contributed by atoms with Crippen molar-refractivity contribution < 1.29 is 49.3 Å². The Morgan fingerprint density at radius 1 is 0.519 bits per heavy atom. The van der Waals surface area contributed by atoms with Gasteiger partial charge in [0.25, 0.3) is 0 Å². The number of carbonyl (C=O) groups excluding carboxylic acids is 2. The second kappa shape index (κ2) is 53.2. The van der Waals surface area contributed by atoms with E-state index in [1.807, 2.05) is 72.9 Å². The van der Waals surface area contributed by atoms with Gasteiger partial charge < -0.3 is 45.1 Å². The zero-order chi connectivity index (χ0) is 56.1. The fourth-order valence-corrected chi connectivity index (χ4v) is 9.21. The number of allylic oxidation sites excluding steroid dienone is 15. The first-order valence-corrected chi connectivity index (χ1v) is 31.1. The lowest BCUT2D eigenvalue weighted by Crippen LogP contribution is -2.61. The van der Waals surface area contributed by atoms with E-state index in [0.717, 1.165) is 64.2 Å². The molecule has 1 heterocycles. The zero-order valence-electron chi connectivity index (χ0n) is 48.8.